The molecule has 154 valence electrons. The molecule has 0 radical (unpaired) electrons. The summed E-state index contributed by atoms with van der Waals surface area (Å²) in [7, 11) is 0. The maximum absolute atomic E-state index is 14.3. The zero-order valence-electron chi connectivity index (χ0n) is 16.3. The Labute approximate surface area is 167 Å². The Morgan fingerprint density at radius 2 is 2.07 bits per heavy atom. The van der Waals surface area contributed by atoms with Crippen molar-refractivity contribution in [2.45, 2.75) is 32.3 Å². The van der Waals surface area contributed by atoms with Crippen LogP contribution < -0.4 is 4.90 Å². The van der Waals surface area contributed by atoms with Gasteiger partial charge in [-0.3, -0.25) is 0 Å². The lowest BCUT2D eigenvalue weighted by Crippen LogP contribution is -2.48. The maximum Gasteiger partial charge on any atom is 0.225 e. The molecule has 3 heterocycles. The molecule has 8 nitrogen and oxygen atoms in total. The van der Waals surface area contributed by atoms with Gasteiger partial charge in [-0.1, -0.05) is 23.4 Å². The first kappa shape index (κ1) is 19.7. The quantitative estimate of drug-likeness (QED) is 0.741. The van der Waals surface area contributed by atoms with Crippen LogP contribution in [0.25, 0.3) is 11.1 Å². The second kappa shape index (κ2) is 8.02. The first-order chi connectivity index (χ1) is 13.9. The van der Waals surface area contributed by atoms with Gasteiger partial charge in [0.2, 0.25) is 5.95 Å². The van der Waals surface area contributed by atoms with Gasteiger partial charge in [-0.05, 0) is 13.8 Å². The monoisotopic (exact) mass is 402 g/mol. The van der Waals surface area contributed by atoms with Gasteiger partial charge < -0.3 is 24.3 Å². The Morgan fingerprint density at radius 1 is 1.31 bits per heavy atom. The number of aliphatic hydroxyl groups excluding tert-OH is 1. The molecular weight excluding hydrogens is 379 g/mol. The minimum atomic E-state index is -0.569. The summed E-state index contributed by atoms with van der Waals surface area (Å²) in [6, 6.07) is 4.88. The molecule has 9 heteroatoms. The van der Waals surface area contributed by atoms with Crippen molar-refractivity contribution in [3.63, 3.8) is 0 Å². The second-order valence-corrected chi connectivity index (χ2v) is 7.47. The highest BCUT2D eigenvalue weighted by atomic mass is 19.1. The Bertz CT molecular complexity index is 896. The van der Waals surface area contributed by atoms with Crippen LogP contribution in [0.2, 0.25) is 0 Å². The van der Waals surface area contributed by atoms with Gasteiger partial charge in [0.25, 0.3) is 0 Å². The van der Waals surface area contributed by atoms with Gasteiger partial charge in [-0.2, -0.15) is 0 Å². The van der Waals surface area contributed by atoms with E-state index < -0.39 is 11.6 Å². The number of anilines is 1. The molecule has 2 aliphatic rings. The molecule has 1 aromatic heterocycles. The van der Waals surface area contributed by atoms with Gasteiger partial charge in [0.05, 0.1) is 32.0 Å². The van der Waals surface area contributed by atoms with Crippen molar-refractivity contribution in [3.8, 4) is 11.1 Å². The van der Waals surface area contributed by atoms with E-state index in [2.05, 4.69) is 15.1 Å². The minimum Gasteiger partial charge on any atom is -0.393 e. The van der Waals surface area contributed by atoms with Crippen molar-refractivity contribution in [2.24, 2.45) is 5.16 Å². The first-order valence-electron chi connectivity index (χ1n) is 9.40. The molecule has 1 unspecified atom stereocenters. The molecule has 0 saturated carbocycles. The summed E-state index contributed by atoms with van der Waals surface area (Å²) in [5.74, 6) is -0.483. The average molecular weight is 402 g/mol. The van der Waals surface area contributed by atoms with Crippen LogP contribution in [0.3, 0.4) is 0 Å². The Morgan fingerprint density at radius 3 is 2.72 bits per heavy atom. The third-order valence-corrected chi connectivity index (χ3v) is 4.75. The van der Waals surface area contributed by atoms with Crippen molar-refractivity contribution >= 4 is 11.7 Å². The fraction of sp³-hybridized carbons (Fsp3) is 0.450. The second-order valence-electron chi connectivity index (χ2n) is 7.47. The van der Waals surface area contributed by atoms with Crippen LogP contribution >= 0.6 is 0 Å². The van der Waals surface area contributed by atoms with Gasteiger partial charge in [-0.15, -0.1) is 0 Å². The van der Waals surface area contributed by atoms with Crippen LogP contribution in [0, 0.1) is 5.82 Å². The van der Waals surface area contributed by atoms with E-state index in [-0.39, 0.29) is 18.3 Å². The van der Waals surface area contributed by atoms with Crippen LogP contribution in [0.1, 0.15) is 19.4 Å². The Hall–Kier alpha value is -2.62. The summed E-state index contributed by atoms with van der Waals surface area (Å²) in [6.07, 6.45) is 3.03. The fourth-order valence-electron chi connectivity index (χ4n) is 3.20. The zero-order chi connectivity index (χ0) is 20.4. The highest BCUT2D eigenvalue weighted by Gasteiger charge is 2.33. The molecular formula is C20H23FN4O4. The predicted molar refractivity (Wildman–Crippen MR) is 104 cm³/mol. The van der Waals surface area contributed by atoms with Crippen molar-refractivity contribution in [3.05, 3.63) is 42.0 Å². The number of rotatable bonds is 6. The highest BCUT2D eigenvalue weighted by molar-refractivity contribution is 5.98. The summed E-state index contributed by atoms with van der Waals surface area (Å²) in [6.45, 7) is 5.36. The lowest BCUT2D eigenvalue weighted by molar-refractivity contribution is -0.145. The number of halogens is 1. The number of hydrogen-bond acceptors (Lipinski definition) is 8. The van der Waals surface area contributed by atoms with Crippen LogP contribution in [0.15, 0.2) is 35.7 Å². The van der Waals surface area contributed by atoms with Gasteiger partial charge >= 0.3 is 0 Å². The van der Waals surface area contributed by atoms with Crippen molar-refractivity contribution < 1.29 is 23.8 Å². The van der Waals surface area contributed by atoms with Crippen LogP contribution in [0.5, 0.6) is 0 Å². The molecule has 0 aliphatic carbocycles. The summed E-state index contributed by atoms with van der Waals surface area (Å²) in [5.41, 5.74) is 2.05. The maximum atomic E-state index is 14.3. The number of hydrogen-bond donors (Lipinski definition) is 1. The van der Waals surface area contributed by atoms with Gasteiger partial charge in [0.1, 0.15) is 18.5 Å². The van der Waals surface area contributed by atoms with Gasteiger partial charge in [-0.25, -0.2) is 14.4 Å². The van der Waals surface area contributed by atoms with E-state index in [9.17, 15) is 9.50 Å². The first-order valence-corrected chi connectivity index (χ1v) is 9.40. The van der Waals surface area contributed by atoms with E-state index in [0.29, 0.717) is 43.4 Å². The smallest absolute Gasteiger partial charge is 0.225 e. The van der Waals surface area contributed by atoms with Crippen molar-refractivity contribution in [1.82, 2.24) is 9.97 Å². The molecule has 1 N–H and O–H groups in total. The third kappa shape index (κ3) is 4.36. The molecule has 4 rings (SSSR count). The van der Waals surface area contributed by atoms with Crippen LogP contribution in [-0.4, -0.2) is 59.0 Å². The highest BCUT2D eigenvalue weighted by Crippen LogP contribution is 2.26. The molecule has 29 heavy (non-hydrogen) atoms. The lowest BCUT2D eigenvalue weighted by atomic mass is 10.1. The number of aliphatic hydroxyl groups is 1. The van der Waals surface area contributed by atoms with Gasteiger partial charge in [0, 0.05) is 29.1 Å². The van der Waals surface area contributed by atoms with E-state index in [1.165, 1.54) is 0 Å². The normalized spacial score (nSPS) is 20.5. The van der Waals surface area contributed by atoms with E-state index in [4.69, 9.17) is 14.3 Å². The SMILES string of the molecule is CC1(C)OCC(CON=C2CN(c3ncc(-c4cccc(CO)c4F)cn3)C2)O1. The Kier molecular flexibility index (Phi) is 5.44. The number of oxime groups is 1. The van der Waals surface area contributed by atoms with Crippen LogP contribution in [0.4, 0.5) is 10.3 Å². The molecule has 1 aromatic carbocycles. The molecule has 2 fully saturated rings. The summed E-state index contributed by atoms with van der Waals surface area (Å²) in [5, 5.41) is 13.3. The summed E-state index contributed by atoms with van der Waals surface area (Å²) >= 11 is 0. The summed E-state index contributed by atoms with van der Waals surface area (Å²) < 4.78 is 25.5. The fourth-order valence-corrected chi connectivity index (χ4v) is 3.20. The number of ether oxygens (including phenoxy) is 2. The predicted octanol–water partition coefficient (Wildman–Crippen LogP) is 2.12. The average Bonchev–Trinajstić information content (AvgIpc) is 3.03. The lowest BCUT2D eigenvalue weighted by Gasteiger charge is -2.31. The van der Waals surface area contributed by atoms with Gasteiger partial charge in [0.15, 0.2) is 5.79 Å². The molecule has 0 spiro atoms. The molecule has 2 aromatic rings. The van der Waals surface area contributed by atoms with Crippen LogP contribution in [-0.2, 0) is 20.9 Å². The number of benzene rings is 1. The topological polar surface area (TPSA) is 89.3 Å². The number of aromatic nitrogens is 2. The van der Waals surface area contributed by atoms with E-state index in [1.807, 2.05) is 18.7 Å². The largest absolute Gasteiger partial charge is 0.393 e. The zero-order valence-corrected chi connectivity index (χ0v) is 16.3. The van der Waals surface area contributed by atoms with E-state index in [0.717, 1.165) is 5.71 Å². The third-order valence-electron chi connectivity index (χ3n) is 4.75. The molecule has 2 saturated heterocycles. The van der Waals surface area contributed by atoms with E-state index in [1.54, 1.807) is 30.6 Å². The minimum absolute atomic E-state index is 0.119. The van der Waals surface area contributed by atoms with Crippen molar-refractivity contribution in [1.29, 1.82) is 0 Å². The molecule has 0 amide bonds. The molecule has 1 atom stereocenters. The molecule has 0 bridgehead atoms. The standard InChI is InChI=1S/C20H23FN4O4/c1-20(2)27-11-16(29-20)12-28-24-15-8-25(9-15)19-22-6-14(7-23-19)17-5-3-4-13(10-26)18(17)21/h3-7,16,26H,8-12H2,1-2H3. The van der Waals surface area contributed by atoms with E-state index >= 15 is 0 Å². The number of nitrogens with zero attached hydrogens (tertiary/aromatic N) is 4. The molecule has 2 aliphatic heterocycles. The van der Waals surface area contributed by atoms with Crippen molar-refractivity contribution in [2.75, 3.05) is 31.2 Å². The summed E-state index contributed by atoms with van der Waals surface area (Å²) in [4.78, 5) is 15.9. The Balaban J connectivity index is 1.30.